The normalized spacial score (nSPS) is 12.1. The SMILES string of the molecule is O=C(Nc1ccc(Oc2ccc(-n3cccn3)nn2)cc1)Nc1ccc2c(c1)OCCO2. The van der Waals surface area contributed by atoms with Crippen LogP contribution in [0, 0.1) is 0 Å². The highest BCUT2D eigenvalue weighted by Gasteiger charge is 2.13. The average Bonchev–Trinajstić information content (AvgIpc) is 3.36. The molecule has 2 N–H and O–H groups in total. The maximum absolute atomic E-state index is 12.3. The van der Waals surface area contributed by atoms with Crippen LogP contribution >= 0.6 is 0 Å². The number of aromatic nitrogens is 4. The van der Waals surface area contributed by atoms with Crippen molar-refractivity contribution in [3.63, 3.8) is 0 Å². The smallest absolute Gasteiger partial charge is 0.323 e. The van der Waals surface area contributed by atoms with Gasteiger partial charge in [-0.05, 0) is 48.5 Å². The number of ether oxygens (including phenoxy) is 3. The number of fused-ring (bicyclic) bond motifs is 1. The van der Waals surface area contributed by atoms with Gasteiger partial charge in [0.25, 0.3) is 0 Å². The van der Waals surface area contributed by atoms with Gasteiger partial charge in [-0.2, -0.15) is 5.10 Å². The van der Waals surface area contributed by atoms with Crippen LogP contribution in [0.5, 0.6) is 23.1 Å². The molecular formula is C22H18N6O4. The first kappa shape index (κ1) is 19.4. The van der Waals surface area contributed by atoms with Crippen molar-refractivity contribution in [1.29, 1.82) is 0 Å². The Kier molecular flexibility index (Phi) is 5.23. The second-order valence-electron chi connectivity index (χ2n) is 6.74. The molecule has 0 aliphatic carbocycles. The van der Waals surface area contributed by atoms with Gasteiger partial charge in [0.2, 0.25) is 5.88 Å². The Balaban J connectivity index is 1.17. The van der Waals surface area contributed by atoms with Crippen molar-refractivity contribution in [2.24, 2.45) is 0 Å². The maximum atomic E-state index is 12.3. The van der Waals surface area contributed by atoms with Gasteiger partial charge in [0.15, 0.2) is 17.3 Å². The molecule has 1 aliphatic rings. The minimum Gasteiger partial charge on any atom is -0.486 e. The minimum absolute atomic E-state index is 0.345. The predicted octanol–water partition coefficient (Wildman–Crippen LogP) is 3.87. The van der Waals surface area contributed by atoms with E-state index in [1.807, 2.05) is 0 Å². The predicted molar refractivity (Wildman–Crippen MR) is 116 cm³/mol. The molecule has 0 bridgehead atoms. The Labute approximate surface area is 182 Å². The summed E-state index contributed by atoms with van der Waals surface area (Å²) in [7, 11) is 0. The van der Waals surface area contributed by atoms with Crippen molar-refractivity contribution in [2.75, 3.05) is 23.8 Å². The molecule has 4 aromatic rings. The number of carbonyl (C=O) groups is 1. The molecule has 32 heavy (non-hydrogen) atoms. The highest BCUT2D eigenvalue weighted by atomic mass is 16.6. The lowest BCUT2D eigenvalue weighted by Crippen LogP contribution is -2.20. The lowest BCUT2D eigenvalue weighted by atomic mass is 10.2. The zero-order valence-corrected chi connectivity index (χ0v) is 16.8. The highest BCUT2D eigenvalue weighted by Crippen LogP contribution is 2.32. The van der Waals surface area contributed by atoms with Crippen LogP contribution in [0.1, 0.15) is 0 Å². The van der Waals surface area contributed by atoms with E-state index in [-0.39, 0.29) is 6.03 Å². The van der Waals surface area contributed by atoms with Crippen molar-refractivity contribution in [3.8, 4) is 28.9 Å². The number of urea groups is 1. The fraction of sp³-hybridized carbons (Fsp3) is 0.0909. The molecule has 2 amide bonds. The quantitative estimate of drug-likeness (QED) is 0.494. The molecule has 0 unspecified atom stereocenters. The molecule has 0 saturated heterocycles. The molecule has 0 spiro atoms. The van der Waals surface area contributed by atoms with Gasteiger partial charge in [-0.1, -0.05) is 0 Å². The van der Waals surface area contributed by atoms with Crippen LogP contribution in [0.2, 0.25) is 0 Å². The average molecular weight is 430 g/mol. The molecular weight excluding hydrogens is 412 g/mol. The standard InChI is InChI=1S/C22H18N6O4/c29-22(25-16-4-7-18-19(14-16)31-13-12-30-18)24-15-2-5-17(6-3-15)32-21-9-8-20(26-27-21)28-11-1-10-23-28/h1-11,14H,12-13H2,(H2,24,25,29). The fourth-order valence-corrected chi connectivity index (χ4v) is 3.04. The van der Waals surface area contributed by atoms with E-state index in [1.165, 1.54) is 0 Å². The summed E-state index contributed by atoms with van der Waals surface area (Å²) < 4.78 is 18.3. The highest BCUT2D eigenvalue weighted by molar-refractivity contribution is 5.99. The molecule has 2 aromatic heterocycles. The summed E-state index contributed by atoms with van der Waals surface area (Å²) in [5.74, 6) is 2.77. The van der Waals surface area contributed by atoms with Crippen LogP contribution in [0.4, 0.5) is 16.2 Å². The summed E-state index contributed by atoms with van der Waals surface area (Å²) >= 11 is 0. The number of rotatable bonds is 5. The Morgan fingerprint density at radius 3 is 2.44 bits per heavy atom. The zero-order chi connectivity index (χ0) is 21.8. The van der Waals surface area contributed by atoms with Crippen LogP contribution < -0.4 is 24.8 Å². The lowest BCUT2D eigenvalue weighted by molar-refractivity contribution is 0.171. The van der Waals surface area contributed by atoms with Crippen LogP contribution in [-0.2, 0) is 0 Å². The molecule has 10 nitrogen and oxygen atoms in total. The summed E-state index contributed by atoms with van der Waals surface area (Å²) in [6.45, 7) is 1.00. The number of hydrogen-bond donors (Lipinski definition) is 2. The first-order valence-electron chi connectivity index (χ1n) is 9.82. The van der Waals surface area contributed by atoms with Crippen molar-refractivity contribution in [2.45, 2.75) is 0 Å². The van der Waals surface area contributed by atoms with Crippen LogP contribution in [0.3, 0.4) is 0 Å². The number of nitrogens with one attached hydrogen (secondary N) is 2. The van der Waals surface area contributed by atoms with E-state index < -0.39 is 0 Å². The third-order valence-corrected chi connectivity index (χ3v) is 4.50. The van der Waals surface area contributed by atoms with Gasteiger partial charge < -0.3 is 24.8 Å². The van der Waals surface area contributed by atoms with Crippen LogP contribution in [-0.4, -0.2) is 39.2 Å². The van der Waals surface area contributed by atoms with Crippen molar-refractivity contribution < 1.29 is 19.0 Å². The molecule has 2 aromatic carbocycles. The van der Waals surface area contributed by atoms with Gasteiger partial charge in [-0.15, -0.1) is 10.2 Å². The third kappa shape index (κ3) is 4.43. The first-order chi connectivity index (χ1) is 15.7. The largest absolute Gasteiger partial charge is 0.486 e. The Morgan fingerprint density at radius 2 is 1.69 bits per heavy atom. The van der Waals surface area contributed by atoms with Crippen LogP contribution in [0.25, 0.3) is 5.82 Å². The summed E-state index contributed by atoms with van der Waals surface area (Å²) in [5, 5.41) is 17.8. The second-order valence-corrected chi connectivity index (χ2v) is 6.74. The fourth-order valence-electron chi connectivity index (χ4n) is 3.04. The molecule has 5 rings (SSSR count). The Bertz CT molecular complexity index is 1210. The molecule has 1 aliphatic heterocycles. The topological polar surface area (TPSA) is 112 Å². The van der Waals surface area contributed by atoms with Gasteiger partial charge in [-0.25, -0.2) is 9.48 Å². The minimum atomic E-state index is -0.379. The molecule has 0 saturated carbocycles. The Morgan fingerprint density at radius 1 is 0.906 bits per heavy atom. The molecule has 0 radical (unpaired) electrons. The van der Waals surface area contributed by atoms with Gasteiger partial charge in [-0.3, -0.25) is 0 Å². The number of amides is 2. The maximum Gasteiger partial charge on any atom is 0.323 e. The monoisotopic (exact) mass is 430 g/mol. The van der Waals surface area contributed by atoms with E-state index in [1.54, 1.807) is 77.7 Å². The summed E-state index contributed by atoms with van der Waals surface area (Å²) in [4.78, 5) is 12.3. The number of hydrogen-bond acceptors (Lipinski definition) is 7. The number of carbonyl (C=O) groups excluding carboxylic acids is 1. The van der Waals surface area contributed by atoms with Gasteiger partial charge in [0, 0.05) is 35.9 Å². The van der Waals surface area contributed by atoms with E-state index in [4.69, 9.17) is 14.2 Å². The second kappa shape index (κ2) is 8.64. The van der Waals surface area contributed by atoms with E-state index in [9.17, 15) is 4.79 Å². The number of anilines is 2. The molecule has 3 heterocycles. The summed E-state index contributed by atoms with van der Waals surface area (Å²) in [6.07, 6.45) is 3.44. The number of nitrogens with zero attached hydrogens (tertiary/aromatic N) is 4. The van der Waals surface area contributed by atoms with Gasteiger partial charge in [0.05, 0.1) is 0 Å². The zero-order valence-electron chi connectivity index (χ0n) is 16.8. The third-order valence-electron chi connectivity index (χ3n) is 4.50. The van der Waals surface area contributed by atoms with Gasteiger partial charge in [0.1, 0.15) is 19.0 Å². The van der Waals surface area contributed by atoms with E-state index in [0.29, 0.717) is 53.5 Å². The van der Waals surface area contributed by atoms with E-state index >= 15 is 0 Å². The van der Waals surface area contributed by atoms with E-state index in [0.717, 1.165) is 0 Å². The molecule has 0 atom stereocenters. The van der Waals surface area contributed by atoms with Crippen molar-refractivity contribution in [1.82, 2.24) is 20.0 Å². The van der Waals surface area contributed by atoms with Crippen molar-refractivity contribution in [3.05, 3.63) is 73.1 Å². The van der Waals surface area contributed by atoms with E-state index in [2.05, 4.69) is 25.9 Å². The Hall–Kier alpha value is -4.60. The molecule has 0 fully saturated rings. The first-order valence-corrected chi connectivity index (χ1v) is 9.82. The van der Waals surface area contributed by atoms with Crippen LogP contribution in [0.15, 0.2) is 73.1 Å². The summed E-state index contributed by atoms with van der Waals surface area (Å²) in [6, 6.07) is 17.0. The summed E-state index contributed by atoms with van der Waals surface area (Å²) in [5.41, 5.74) is 1.20. The number of benzene rings is 2. The van der Waals surface area contributed by atoms with Crippen molar-refractivity contribution >= 4 is 17.4 Å². The molecule has 10 heteroatoms. The van der Waals surface area contributed by atoms with Gasteiger partial charge >= 0.3 is 6.03 Å². The lowest BCUT2D eigenvalue weighted by Gasteiger charge is -2.19. The molecule has 160 valence electrons.